The monoisotopic (exact) mass is 377 g/mol. The predicted molar refractivity (Wildman–Crippen MR) is 78.9 cm³/mol. The van der Waals surface area contributed by atoms with Crippen molar-refractivity contribution < 1.29 is 14.0 Å². The molecule has 0 atom stereocenters. The molecule has 0 saturated carbocycles. The summed E-state index contributed by atoms with van der Waals surface area (Å²) >= 11 is 3.02. The van der Waals surface area contributed by atoms with E-state index in [0.717, 1.165) is 15.5 Å². The summed E-state index contributed by atoms with van der Waals surface area (Å²) in [6.45, 7) is 4.40. The number of hydrogen-bond acceptors (Lipinski definition) is 4. The first-order chi connectivity index (χ1) is 8.47. The van der Waals surface area contributed by atoms with Crippen molar-refractivity contribution in [1.29, 1.82) is 0 Å². The van der Waals surface area contributed by atoms with E-state index in [9.17, 15) is 9.59 Å². The van der Waals surface area contributed by atoms with Gasteiger partial charge in [-0.1, -0.05) is 13.8 Å². The maximum Gasteiger partial charge on any atom is 0.293 e. The molecule has 2 heterocycles. The van der Waals surface area contributed by atoms with Gasteiger partial charge in [0.05, 0.1) is 4.91 Å². The Bertz CT molecular complexity index is 521. The van der Waals surface area contributed by atoms with Crippen LogP contribution in [0.3, 0.4) is 0 Å². The molecule has 1 aliphatic rings. The highest BCUT2D eigenvalue weighted by Gasteiger charge is 2.35. The number of carbonyl (C=O) groups excluding carboxylic acids is 2. The van der Waals surface area contributed by atoms with E-state index >= 15 is 0 Å². The molecule has 0 aliphatic carbocycles. The Morgan fingerprint density at radius 3 is 2.72 bits per heavy atom. The van der Waals surface area contributed by atoms with Crippen LogP contribution in [0, 0.1) is 9.68 Å². The van der Waals surface area contributed by atoms with Crippen molar-refractivity contribution in [3.8, 4) is 0 Å². The molecule has 2 amide bonds. The number of carbonyl (C=O) groups is 2. The quantitative estimate of drug-likeness (QED) is 0.597. The first-order valence-electron chi connectivity index (χ1n) is 5.48. The normalized spacial score (nSPS) is 18.4. The maximum absolute atomic E-state index is 12.0. The molecule has 4 nitrogen and oxygen atoms in total. The van der Waals surface area contributed by atoms with Crippen LogP contribution in [0.4, 0.5) is 4.79 Å². The van der Waals surface area contributed by atoms with Gasteiger partial charge in [-0.3, -0.25) is 14.5 Å². The molecule has 0 aromatic carbocycles. The number of nitrogens with zero attached hydrogens (tertiary/aromatic N) is 1. The van der Waals surface area contributed by atoms with Crippen LogP contribution in [0.2, 0.25) is 0 Å². The molecular formula is C12H12INO3S. The molecule has 0 bridgehead atoms. The highest BCUT2D eigenvalue weighted by molar-refractivity contribution is 14.1. The SMILES string of the molecule is CC(C)CN1C(=O)S/C(=C\c2ccc(I)o2)C1=O. The van der Waals surface area contributed by atoms with E-state index in [-0.39, 0.29) is 17.1 Å². The average molecular weight is 377 g/mol. The summed E-state index contributed by atoms with van der Waals surface area (Å²) in [5, 5.41) is -0.207. The van der Waals surface area contributed by atoms with Gasteiger partial charge in [0.1, 0.15) is 5.76 Å². The summed E-state index contributed by atoms with van der Waals surface area (Å²) in [6, 6.07) is 3.59. The third kappa shape index (κ3) is 2.97. The van der Waals surface area contributed by atoms with E-state index in [1.807, 2.05) is 19.9 Å². The van der Waals surface area contributed by atoms with E-state index in [2.05, 4.69) is 22.6 Å². The second-order valence-corrected chi connectivity index (χ2v) is 6.38. The van der Waals surface area contributed by atoms with Crippen molar-refractivity contribution in [2.24, 2.45) is 5.92 Å². The molecule has 0 spiro atoms. The fourth-order valence-corrected chi connectivity index (χ4v) is 2.82. The van der Waals surface area contributed by atoms with E-state index in [0.29, 0.717) is 17.2 Å². The molecule has 1 aromatic rings. The molecule has 1 saturated heterocycles. The van der Waals surface area contributed by atoms with Crippen molar-refractivity contribution in [2.75, 3.05) is 6.54 Å². The van der Waals surface area contributed by atoms with E-state index in [1.165, 1.54) is 4.90 Å². The fraction of sp³-hybridized carbons (Fsp3) is 0.333. The first kappa shape index (κ1) is 13.7. The van der Waals surface area contributed by atoms with Gasteiger partial charge in [-0.2, -0.15) is 0 Å². The topological polar surface area (TPSA) is 50.5 Å². The zero-order chi connectivity index (χ0) is 13.3. The summed E-state index contributed by atoms with van der Waals surface area (Å²) < 4.78 is 6.11. The smallest absolute Gasteiger partial charge is 0.293 e. The Morgan fingerprint density at radius 1 is 1.44 bits per heavy atom. The molecule has 6 heteroatoms. The van der Waals surface area contributed by atoms with Gasteiger partial charge in [-0.15, -0.1) is 0 Å². The molecular weight excluding hydrogens is 365 g/mol. The number of amides is 2. The Balaban J connectivity index is 2.19. The lowest BCUT2D eigenvalue weighted by molar-refractivity contribution is -0.123. The van der Waals surface area contributed by atoms with Gasteiger partial charge in [0.2, 0.25) is 0 Å². The van der Waals surface area contributed by atoms with Gasteiger partial charge in [-0.25, -0.2) is 0 Å². The Hall–Kier alpha value is -0.760. The fourth-order valence-electron chi connectivity index (χ4n) is 1.56. The van der Waals surface area contributed by atoms with Crippen molar-refractivity contribution in [3.63, 3.8) is 0 Å². The minimum Gasteiger partial charge on any atom is -0.451 e. The van der Waals surface area contributed by atoms with Gasteiger partial charge < -0.3 is 4.42 Å². The Kier molecular flexibility index (Phi) is 4.16. The number of thioether (sulfide) groups is 1. The minimum absolute atomic E-state index is 0.207. The number of hydrogen-bond donors (Lipinski definition) is 0. The maximum atomic E-state index is 12.0. The van der Waals surface area contributed by atoms with Gasteiger partial charge in [0, 0.05) is 12.6 Å². The molecule has 0 unspecified atom stereocenters. The molecule has 1 aromatic heterocycles. The van der Waals surface area contributed by atoms with Gasteiger partial charge >= 0.3 is 0 Å². The lowest BCUT2D eigenvalue weighted by atomic mass is 10.2. The zero-order valence-corrected chi connectivity index (χ0v) is 12.9. The predicted octanol–water partition coefficient (Wildman–Crippen LogP) is 3.58. The van der Waals surface area contributed by atoms with Crippen LogP contribution in [0.15, 0.2) is 21.5 Å². The highest BCUT2D eigenvalue weighted by atomic mass is 127. The van der Waals surface area contributed by atoms with Crippen LogP contribution in [-0.2, 0) is 4.79 Å². The van der Waals surface area contributed by atoms with Crippen LogP contribution in [0.1, 0.15) is 19.6 Å². The zero-order valence-electron chi connectivity index (χ0n) is 9.97. The molecule has 0 N–H and O–H groups in total. The Morgan fingerprint density at radius 2 is 2.17 bits per heavy atom. The van der Waals surface area contributed by atoms with Crippen molar-refractivity contribution in [2.45, 2.75) is 13.8 Å². The molecule has 96 valence electrons. The van der Waals surface area contributed by atoms with Crippen LogP contribution in [0.5, 0.6) is 0 Å². The van der Waals surface area contributed by atoms with E-state index in [4.69, 9.17) is 4.42 Å². The number of imide groups is 1. The third-order valence-electron chi connectivity index (χ3n) is 2.29. The lowest BCUT2D eigenvalue weighted by Crippen LogP contribution is -2.31. The standard InChI is InChI=1S/C12H12INO3S/c1-7(2)6-14-11(15)9(18-12(14)16)5-8-3-4-10(13)17-8/h3-5,7H,6H2,1-2H3/b9-5-. The second-order valence-electron chi connectivity index (χ2n) is 4.33. The van der Waals surface area contributed by atoms with Crippen molar-refractivity contribution >= 4 is 51.6 Å². The first-order valence-corrected chi connectivity index (χ1v) is 7.37. The van der Waals surface area contributed by atoms with Crippen molar-refractivity contribution in [3.05, 3.63) is 26.6 Å². The lowest BCUT2D eigenvalue weighted by Gasteiger charge is -2.14. The van der Waals surface area contributed by atoms with Gasteiger partial charge in [0.15, 0.2) is 3.77 Å². The molecule has 1 fully saturated rings. The van der Waals surface area contributed by atoms with Gasteiger partial charge in [-0.05, 0) is 52.4 Å². The summed E-state index contributed by atoms with van der Waals surface area (Å²) in [5.41, 5.74) is 0. The third-order valence-corrected chi connectivity index (χ3v) is 3.78. The number of halogens is 1. The largest absolute Gasteiger partial charge is 0.451 e. The van der Waals surface area contributed by atoms with E-state index in [1.54, 1.807) is 12.1 Å². The highest BCUT2D eigenvalue weighted by Crippen LogP contribution is 2.32. The van der Waals surface area contributed by atoms with Crippen molar-refractivity contribution in [1.82, 2.24) is 4.90 Å². The minimum atomic E-state index is -0.231. The number of furan rings is 1. The van der Waals surface area contributed by atoms with Gasteiger partial charge in [0.25, 0.3) is 11.1 Å². The summed E-state index contributed by atoms with van der Waals surface area (Å²) in [6.07, 6.45) is 1.62. The van der Waals surface area contributed by atoms with Crippen LogP contribution >= 0.6 is 34.4 Å². The molecule has 18 heavy (non-hydrogen) atoms. The Labute approximate surface area is 123 Å². The second kappa shape index (κ2) is 5.48. The van der Waals surface area contributed by atoms with Crippen LogP contribution < -0.4 is 0 Å². The van der Waals surface area contributed by atoms with Crippen LogP contribution in [-0.4, -0.2) is 22.6 Å². The summed E-state index contributed by atoms with van der Waals surface area (Å²) in [5.74, 6) is 0.627. The average Bonchev–Trinajstić information content (AvgIpc) is 2.78. The number of rotatable bonds is 3. The summed E-state index contributed by atoms with van der Waals surface area (Å²) in [7, 11) is 0. The molecule has 0 radical (unpaired) electrons. The summed E-state index contributed by atoms with van der Waals surface area (Å²) in [4.78, 5) is 25.5. The van der Waals surface area contributed by atoms with E-state index < -0.39 is 0 Å². The molecule has 2 rings (SSSR count). The van der Waals surface area contributed by atoms with Crippen LogP contribution in [0.25, 0.3) is 6.08 Å². The molecule has 1 aliphatic heterocycles.